The van der Waals surface area contributed by atoms with Crippen LogP contribution < -0.4 is 10.2 Å². The van der Waals surface area contributed by atoms with Crippen LogP contribution in [0.3, 0.4) is 0 Å². The molecular formula is C21H20FN3O. The summed E-state index contributed by atoms with van der Waals surface area (Å²) >= 11 is 0. The summed E-state index contributed by atoms with van der Waals surface area (Å²) in [5.41, 5.74) is 2.21. The maximum Gasteiger partial charge on any atom is 0.255 e. The molecule has 0 radical (unpaired) electrons. The number of anilines is 2. The number of benzene rings is 2. The molecule has 2 aromatic carbocycles. The van der Waals surface area contributed by atoms with Crippen molar-refractivity contribution < 1.29 is 9.18 Å². The minimum atomic E-state index is -0.370. The lowest BCUT2D eigenvalue weighted by Gasteiger charge is -2.22. The van der Waals surface area contributed by atoms with Gasteiger partial charge in [0.15, 0.2) is 0 Å². The third kappa shape index (κ3) is 4.45. The third-order valence-corrected chi connectivity index (χ3v) is 4.03. The van der Waals surface area contributed by atoms with Crippen molar-refractivity contribution in [1.82, 2.24) is 4.98 Å². The maximum atomic E-state index is 12.9. The summed E-state index contributed by atoms with van der Waals surface area (Å²) in [6.45, 7) is 3.67. The first-order valence-corrected chi connectivity index (χ1v) is 8.47. The molecule has 3 rings (SSSR count). The van der Waals surface area contributed by atoms with E-state index in [1.165, 1.54) is 29.8 Å². The van der Waals surface area contributed by atoms with E-state index in [2.05, 4.69) is 34.3 Å². The molecule has 0 spiro atoms. The van der Waals surface area contributed by atoms with Crippen molar-refractivity contribution in [2.45, 2.75) is 13.5 Å². The normalized spacial score (nSPS) is 10.4. The first kappa shape index (κ1) is 17.6. The molecule has 1 aromatic heterocycles. The standard InChI is InChI=1S/C21H20FN3O/c1-2-25(15-16-6-4-3-5-7-16)20-13-12-19(14-23-20)24-21(26)17-8-10-18(22)11-9-17/h3-14H,2,15H2,1H3,(H,24,26). The quantitative estimate of drug-likeness (QED) is 0.713. The van der Waals surface area contributed by atoms with Crippen molar-refractivity contribution in [2.24, 2.45) is 0 Å². The average molecular weight is 349 g/mol. The van der Waals surface area contributed by atoms with E-state index in [9.17, 15) is 9.18 Å². The first-order valence-electron chi connectivity index (χ1n) is 8.47. The molecule has 0 aliphatic heterocycles. The van der Waals surface area contributed by atoms with Gasteiger partial charge in [0.1, 0.15) is 11.6 Å². The van der Waals surface area contributed by atoms with Crippen LogP contribution in [0.1, 0.15) is 22.8 Å². The Bertz CT molecular complexity index is 849. The van der Waals surface area contributed by atoms with E-state index in [0.29, 0.717) is 11.3 Å². The topological polar surface area (TPSA) is 45.2 Å². The van der Waals surface area contributed by atoms with Gasteiger partial charge in [-0.3, -0.25) is 4.79 Å². The highest BCUT2D eigenvalue weighted by Gasteiger charge is 2.09. The molecule has 1 N–H and O–H groups in total. The molecule has 5 heteroatoms. The van der Waals surface area contributed by atoms with Crippen molar-refractivity contribution in [3.8, 4) is 0 Å². The Morgan fingerprint density at radius 2 is 1.77 bits per heavy atom. The van der Waals surface area contributed by atoms with Gasteiger partial charge in [-0.1, -0.05) is 30.3 Å². The van der Waals surface area contributed by atoms with Gasteiger partial charge in [-0.15, -0.1) is 0 Å². The minimum absolute atomic E-state index is 0.295. The van der Waals surface area contributed by atoms with Crippen LogP contribution >= 0.6 is 0 Å². The second-order valence-corrected chi connectivity index (χ2v) is 5.87. The predicted octanol–water partition coefficient (Wildman–Crippen LogP) is 4.50. The van der Waals surface area contributed by atoms with Crippen LogP contribution in [0, 0.1) is 5.82 Å². The number of halogens is 1. The lowest BCUT2D eigenvalue weighted by Crippen LogP contribution is -2.23. The number of hydrogen-bond donors (Lipinski definition) is 1. The molecule has 0 saturated heterocycles. The number of carbonyl (C=O) groups excluding carboxylic acids is 1. The van der Waals surface area contributed by atoms with Crippen LogP contribution in [-0.2, 0) is 6.54 Å². The summed E-state index contributed by atoms with van der Waals surface area (Å²) in [6.07, 6.45) is 1.63. The second-order valence-electron chi connectivity index (χ2n) is 5.87. The fraction of sp³-hybridized carbons (Fsp3) is 0.143. The summed E-state index contributed by atoms with van der Waals surface area (Å²) in [4.78, 5) is 18.8. The van der Waals surface area contributed by atoms with E-state index in [0.717, 1.165) is 18.9 Å². The molecule has 0 aliphatic rings. The number of rotatable bonds is 6. The summed E-state index contributed by atoms with van der Waals surface area (Å²) in [5.74, 6) is 0.179. The Morgan fingerprint density at radius 3 is 2.38 bits per heavy atom. The van der Waals surface area contributed by atoms with E-state index in [1.807, 2.05) is 30.3 Å². The number of aromatic nitrogens is 1. The van der Waals surface area contributed by atoms with Crippen LogP contribution in [0.15, 0.2) is 72.9 Å². The van der Waals surface area contributed by atoms with E-state index in [-0.39, 0.29) is 11.7 Å². The molecule has 0 bridgehead atoms. The Balaban J connectivity index is 1.67. The molecule has 26 heavy (non-hydrogen) atoms. The zero-order valence-corrected chi connectivity index (χ0v) is 14.5. The Labute approximate surface area is 152 Å². The van der Waals surface area contributed by atoms with Crippen molar-refractivity contribution >= 4 is 17.4 Å². The number of pyridine rings is 1. The van der Waals surface area contributed by atoms with Gasteiger partial charge < -0.3 is 10.2 Å². The van der Waals surface area contributed by atoms with Gasteiger partial charge in [0, 0.05) is 18.7 Å². The van der Waals surface area contributed by atoms with E-state index >= 15 is 0 Å². The first-order chi connectivity index (χ1) is 12.7. The highest BCUT2D eigenvalue weighted by atomic mass is 19.1. The van der Waals surface area contributed by atoms with Gasteiger partial charge >= 0.3 is 0 Å². The Morgan fingerprint density at radius 1 is 1.04 bits per heavy atom. The highest BCUT2D eigenvalue weighted by Crippen LogP contribution is 2.17. The SMILES string of the molecule is CCN(Cc1ccccc1)c1ccc(NC(=O)c2ccc(F)cc2)cn1. The third-order valence-electron chi connectivity index (χ3n) is 4.03. The molecule has 4 nitrogen and oxygen atoms in total. The van der Waals surface area contributed by atoms with Crippen molar-refractivity contribution in [2.75, 3.05) is 16.8 Å². The molecule has 0 unspecified atom stereocenters. The van der Waals surface area contributed by atoms with E-state index in [1.54, 1.807) is 6.20 Å². The molecule has 1 heterocycles. The predicted molar refractivity (Wildman–Crippen MR) is 102 cm³/mol. The molecule has 0 fully saturated rings. The minimum Gasteiger partial charge on any atom is -0.353 e. The van der Waals surface area contributed by atoms with Crippen molar-refractivity contribution in [3.05, 3.63) is 89.9 Å². The fourth-order valence-electron chi connectivity index (χ4n) is 2.61. The van der Waals surface area contributed by atoms with Gasteiger partial charge in [-0.2, -0.15) is 0 Å². The molecule has 132 valence electrons. The fourth-order valence-corrected chi connectivity index (χ4v) is 2.61. The summed E-state index contributed by atoms with van der Waals surface area (Å²) < 4.78 is 12.9. The zero-order chi connectivity index (χ0) is 18.4. The molecular weight excluding hydrogens is 329 g/mol. The van der Waals surface area contributed by atoms with E-state index in [4.69, 9.17) is 0 Å². The smallest absolute Gasteiger partial charge is 0.255 e. The second kappa shape index (κ2) is 8.25. The lowest BCUT2D eigenvalue weighted by atomic mass is 10.2. The molecule has 3 aromatic rings. The Kier molecular flexibility index (Phi) is 5.59. The van der Waals surface area contributed by atoms with Gasteiger partial charge in [-0.05, 0) is 48.9 Å². The van der Waals surface area contributed by atoms with Gasteiger partial charge in [0.2, 0.25) is 0 Å². The summed E-state index contributed by atoms with van der Waals surface area (Å²) in [5, 5.41) is 2.77. The number of nitrogens with one attached hydrogen (secondary N) is 1. The van der Waals surface area contributed by atoms with Crippen LogP contribution in [-0.4, -0.2) is 17.4 Å². The monoisotopic (exact) mass is 349 g/mol. The van der Waals surface area contributed by atoms with Crippen LogP contribution in [0.25, 0.3) is 0 Å². The van der Waals surface area contributed by atoms with Crippen molar-refractivity contribution in [1.29, 1.82) is 0 Å². The van der Waals surface area contributed by atoms with Gasteiger partial charge in [0.25, 0.3) is 5.91 Å². The van der Waals surface area contributed by atoms with Gasteiger partial charge in [0.05, 0.1) is 11.9 Å². The van der Waals surface area contributed by atoms with E-state index < -0.39 is 0 Å². The highest BCUT2D eigenvalue weighted by molar-refractivity contribution is 6.04. The van der Waals surface area contributed by atoms with Crippen LogP contribution in [0.4, 0.5) is 15.9 Å². The zero-order valence-electron chi connectivity index (χ0n) is 14.5. The number of carbonyl (C=O) groups is 1. The number of amides is 1. The summed E-state index contributed by atoms with van der Waals surface area (Å²) in [6, 6.07) is 19.3. The summed E-state index contributed by atoms with van der Waals surface area (Å²) in [7, 11) is 0. The number of nitrogens with zero attached hydrogens (tertiary/aromatic N) is 2. The van der Waals surface area contributed by atoms with Gasteiger partial charge in [-0.25, -0.2) is 9.37 Å². The van der Waals surface area contributed by atoms with Crippen molar-refractivity contribution in [3.63, 3.8) is 0 Å². The number of hydrogen-bond acceptors (Lipinski definition) is 3. The Hall–Kier alpha value is -3.21. The molecule has 0 aliphatic carbocycles. The van der Waals surface area contributed by atoms with Crippen LogP contribution in [0.2, 0.25) is 0 Å². The maximum absolute atomic E-state index is 12.9. The average Bonchev–Trinajstić information content (AvgIpc) is 2.68. The largest absolute Gasteiger partial charge is 0.353 e. The van der Waals surface area contributed by atoms with Crippen LogP contribution in [0.5, 0.6) is 0 Å². The lowest BCUT2D eigenvalue weighted by molar-refractivity contribution is 0.102. The molecule has 1 amide bonds. The molecule has 0 atom stereocenters. The molecule has 0 saturated carbocycles.